The molecule has 3 aromatic carbocycles. The first-order valence-electron chi connectivity index (χ1n) is 12.6. The molecule has 0 fully saturated rings. The molecular weight excluding hydrogens is 478 g/mol. The zero-order valence-electron chi connectivity index (χ0n) is 21.8. The predicted molar refractivity (Wildman–Crippen MR) is 147 cm³/mol. The largest absolute Gasteiger partial charge is 0.507 e. The predicted octanol–water partition coefficient (Wildman–Crippen LogP) is 5.76. The minimum absolute atomic E-state index is 0.117. The van der Waals surface area contributed by atoms with E-state index >= 15 is 0 Å². The van der Waals surface area contributed by atoms with E-state index in [4.69, 9.17) is 9.47 Å². The van der Waals surface area contributed by atoms with E-state index in [1.807, 2.05) is 79.4 Å². The van der Waals surface area contributed by atoms with E-state index in [1.54, 1.807) is 13.2 Å². The molecule has 0 bridgehead atoms. The fraction of sp³-hybridized carbons (Fsp3) is 0.226. The molecule has 38 heavy (non-hydrogen) atoms. The second-order valence-corrected chi connectivity index (χ2v) is 9.51. The molecule has 0 spiro atoms. The first-order chi connectivity index (χ1) is 18.4. The maximum absolute atomic E-state index is 13.7. The van der Waals surface area contributed by atoms with E-state index < -0.39 is 0 Å². The van der Waals surface area contributed by atoms with Crippen LogP contribution in [0.1, 0.15) is 44.3 Å². The first kappa shape index (κ1) is 25.1. The minimum atomic E-state index is -0.377. The normalized spacial score (nSPS) is 14.4. The third-order valence-electron chi connectivity index (χ3n) is 6.93. The lowest BCUT2D eigenvalue weighted by Crippen LogP contribution is -2.31. The number of aromatic amines is 1. The number of carbonyl (C=O) groups excluding carboxylic acids is 1. The number of carbonyl (C=O) groups is 1. The summed E-state index contributed by atoms with van der Waals surface area (Å²) < 4.78 is 10.9. The number of aromatic nitrogens is 2. The topological polar surface area (TPSA) is 87.7 Å². The molecule has 0 saturated heterocycles. The number of phenolic OH excluding ortho intramolecular Hbond substituents is 1. The third-order valence-corrected chi connectivity index (χ3v) is 6.93. The Labute approximate surface area is 222 Å². The van der Waals surface area contributed by atoms with E-state index in [-0.39, 0.29) is 17.7 Å². The van der Waals surface area contributed by atoms with Crippen molar-refractivity contribution >= 4 is 5.91 Å². The van der Waals surface area contributed by atoms with Crippen molar-refractivity contribution in [2.45, 2.75) is 26.3 Å². The van der Waals surface area contributed by atoms with Crippen LogP contribution >= 0.6 is 0 Å². The number of nitrogens with one attached hydrogen (secondary N) is 1. The fourth-order valence-electron chi connectivity index (χ4n) is 5.06. The van der Waals surface area contributed by atoms with Crippen LogP contribution in [-0.2, 0) is 6.42 Å². The highest BCUT2D eigenvalue weighted by Gasteiger charge is 2.42. The fourth-order valence-corrected chi connectivity index (χ4v) is 5.06. The Hall–Kier alpha value is -4.52. The van der Waals surface area contributed by atoms with Crippen molar-refractivity contribution in [1.82, 2.24) is 15.1 Å². The summed E-state index contributed by atoms with van der Waals surface area (Å²) in [6, 6.07) is 19.1. The molecule has 1 aromatic heterocycles. The van der Waals surface area contributed by atoms with Gasteiger partial charge in [-0.3, -0.25) is 9.89 Å². The van der Waals surface area contributed by atoms with Crippen molar-refractivity contribution in [2.75, 3.05) is 20.3 Å². The highest BCUT2D eigenvalue weighted by Crippen LogP contribution is 2.45. The van der Waals surface area contributed by atoms with Gasteiger partial charge in [-0.2, -0.15) is 5.10 Å². The third kappa shape index (κ3) is 4.63. The summed E-state index contributed by atoms with van der Waals surface area (Å²) in [5.74, 6) is 1.57. The van der Waals surface area contributed by atoms with E-state index in [0.29, 0.717) is 36.5 Å². The summed E-state index contributed by atoms with van der Waals surface area (Å²) in [7, 11) is 1.64. The van der Waals surface area contributed by atoms with Gasteiger partial charge in [0, 0.05) is 17.7 Å². The number of methoxy groups -OCH3 is 1. The van der Waals surface area contributed by atoms with Crippen LogP contribution < -0.4 is 9.47 Å². The van der Waals surface area contributed by atoms with Gasteiger partial charge in [0.05, 0.1) is 13.2 Å². The molecule has 1 aliphatic rings. The Kier molecular flexibility index (Phi) is 6.92. The molecule has 7 heteroatoms. The molecule has 0 radical (unpaired) electrons. The molecule has 0 aliphatic carbocycles. The van der Waals surface area contributed by atoms with Crippen LogP contribution in [-0.4, -0.2) is 46.4 Å². The summed E-state index contributed by atoms with van der Waals surface area (Å²) in [6.07, 6.45) is 2.37. The lowest BCUT2D eigenvalue weighted by atomic mass is 9.94. The van der Waals surface area contributed by atoms with Crippen molar-refractivity contribution in [3.63, 3.8) is 0 Å². The molecule has 0 saturated carbocycles. The molecule has 194 valence electrons. The number of fused-ring (bicyclic) bond motifs is 1. The molecule has 1 aliphatic heterocycles. The summed E-state index contributed by atoms with van der Waals surface area (Å²) >= 11 is 0. The molecule has 5 rings (SSSR count). The molecule has 2 heterocycles. The Balaban J connectivity index is 1.56. The van der Waals surface area contributed by atoms with Crippen LogP contribution in [0.25, 0.3) is 11.3 Å². The zero-order valence-corrected chi connectivity index (χ0v) is 21.8. The highest BCUT2D eigenvalue weighted by atomic mass is 16.5. The summed E-state index contributed by atoms with van der Waals surface area (Å²) in [6.45, 7) is 8.47. The van der Waals surface area contributed by atoms with Gasteiger partial charge in [-0.1, -0.05) is 43.0 Å². The van der Waals surface area contributed by atoms with E-state index in [2.05, 4.69) is 16.8 Å². The zero-order chi connectivity index (χ0) is 26.8. The van der Waals surface area contributed by atoms with E-state index in [1.165, 1.54) is 0 Å². The van der Waals surface area contributed by atoms with E-state index in [0.717, 1.165) is 39.3 Å². The second kappa shape index (κ2) is 10.5. The second-order valence-electron chi connectivity index (χ2n) is 9.51. The highest BCUT2D eigenvalue weighted by molar-refractivity contribution is 6.00. The van der Waals surface area contributed by atoms with Crippen molar-refractivity contribution < 1.29 is 19.4 Å². The van der Waals surface area contributed by atoms with Gasteiger partial charge in [0.2, 0.25) is 0 Å². The number of aromatic hydroxyl groups is 1. The van der Waals surface area contributed by atoms with Crippen LogP contribution in [0.5, 0.6) is 17.2 Å². The van der Waals surface area contributed by atoms with Gasteiger partial charge in [-0.25, -0.2) is 0 Å². The van der Waals surface area contributed by atoms with Crippen LogP contribution in [0.15, 0.2) is 73.3 Å². The number of hydrogen-bond donors (Lipinski definition) is 2. The van der Waals surface area contributed by atoms with Crippen LogP contribution in [0.4, 0.5) is 0 Å². The van der Waals surface area contributed by atoms with Crippen molar-refractivity contribution in [3.05, 3.63) is 107 Å². The molecule has 1 atom stereocenters. The van der Waals surface area contributed by atoms with Crippen molar-refractivity contribution in [2.24, 2.45) is 0 Å². The Morgan fingerprint density at radius 1 is 1.08 bits per heavy atom. The van der Waals surface area contributed by atoms with Gasteiger partial charge in [-0.05, 0) is 72.9 Å². The lowest BCUT2D eigenvalue weighted by Gasteiger charge is -2.27. The molecule has 1 amide bonds. The van der Waals surface area contributed by atoms with Crippen LogP contribution in [0.3, 0.4) is 0 Å². The van der Waals surface area contributed by atoms with Crippen LogP contribution in [0.2, 0.25) is 0 Å². The van der Waals surface area contributed by atoms with Crippen LogP contribution in [0, 0.1) is 13.8 Å². The minimum Gasteiger partial charge on any atom is -0.507 e. The number of H-pyrrole nitrogens is 1. The SMILES string of the molecule is C=CCOc1ccc(C2c3c(-c4cc(C)cc(C)c4O)n[nH]c3C(=O)N2CCc2ccc(OC)cc2)cc1. The van der Waals surface area contributed by atoms with Crippen molar-refractivity contribution in [3.8, 4) is 28.5 Å². The molecular formula is C31H31N3O4. The van der Waals surface area contributed by atoms with Gasteiger partial charge in [0.25, 0.3) is 5.91 Å². The monoisotopic (exact) mass is 509 g/mol. The van der Waals surface area contributed by atoms with Gasteiger partial charge < -0.3 is 19.5 Å². The molecule has 4 aromatic rings. The quantitative estimate of drug-likeness (QED) is 0.280. The number of rotatable bonds is 9. The van der Waals surface area contributed by atoms with Gasteiger partial charge >= 0.3 is 0 Å². The lowest BCUT2D eigenvalue weighted by molar-refractivity contribution is 0.0746. The number of phenols is 1. The molecule has 2 N–H and O–H groups in total. The van der Waals surface area contributed by atoms with Gasteiger partial charge in [0.15, 0.2) is 0 Å². The van der Waals surface area contributed by atoms with E-state index in [9.17, 15) is 9.90 Å². The number of ether oxygens (including phenoxy) is 2. The smallest absolute Gasteiger partial charge is 0.273 e. The Morgan fingerprint density at radius 2 is 1.79 bits per heavy atom. The first-order valence-corrected chi connectivity index (χ1v) is 12.6. The van der Waals surface area contributed by atoms with Crippen molar-refractivity contribution in [1.29, 1.82) is 0 Å². The Morgan fingerprint density at radius 3 is 2.47 bits per heavy atom. The molecule has 7 nitrogen and oxygen atoms in total. The number of hydrogen-bond acceptors (Lipinski definition) is 5. The standard InChI is InChI=1S/C31H31N3O4/c1-5-16-38-24-12-8-22(9-13-24)29-26-27(25-18-19(2)17-20(3)30(25)35)32-33-28(26)31(36)34(29)15-14-21-6-10-23(37-4)11-7-21/h5-13,17-18,29,35H,1,14-16H2,2-4H3,(H,32,33). The number of amides is 1. The summed E-state index contributed by atoms with van der Waals surface area (Å²) in [5.41, 5.74) is 6.22. The number of aryl methyl sites for hydroxylation is 2. The average molecular weight is 510 g/mol. The maximum atomic E-state index is 13.7. The average Bonchev–Trinajstić information content (AvgIpc) is 3.47. The number of benzene rings is 3. The summed E-state index contributed by atoms with van der Waals surface area (Å²) in [5, 5.41) is 18.4. The molecule has 1 unspecified atom stereocenters. The maximum Gasteiger partial charge on any atom is 0.273 e. The summed E-state index contributed by atoms with van der Waals surface area (Å²) in [4.78, 5) is 15.6. The van der Waals surface area contributed by atoms with Gasteiger partial charge in [0.1, 0.15) is 35.2 Å². The Bertz CT molecular complexity index is 1470. The van der Waals surface area contributed by atoms with Gasteiger partial charge in [-0.15, -0.1) is 0 Å². The number of nitrogens with zero attached hydrogens (tertiary/aromatic N) is 2.